The lowest BCUT2D eigenvalue weighted by molar-refractivity contribution is 0.617. The first-order chi connectivity index (χ1) is 19.3. The highest BCUT2D eigenvalue weighted by Gasteiger charge is 2.26. The van der Waals surface area contributed by atoms with Crippen LogP contribution in [-0.4, -0.2) is 4.98 Å². The van der Waals surface area contributed by atoms with E-state index in [0.29, 0.717) is 11.5 Å². The molecule has 8 rings (SSSR count). The summed E-state index contributed by atoms with van der Waals surface area (Å²) < 4.78 is 12.8. The molecule has 0 spiro atoms. The number of aromatic nitrogens is 1. The van der Waals surface area contributed by atoms with E-state index in [1.54, 1.807) is 0 Å². The van der Waals surface area contributed by atoms with Crippen molar-refractivity contribution in [1.82, 2.24) is 4.98 Å². The van der Waals surface area contributed by atoms with Crippen molar-refractivity contribution in [3.63, 3.8) is 0 Å². The fraction of sp³-hybridized carbons (Fsp3) is 0. The summed E-state index contributed by atoms with van der Waals surface area (Å²) in [6, 6.07) is 45.6. The van der Waals surface area contributed by atoms with Crippen LogP contribution >= 0.6 is 0 Å². The third kappa shape index (κ3) is 3.50. The van der Waals surface area contributed by atoms with Gasteiger partial charge in [0.15, 0.2) is 5.58 Å². The Hall–Kier alpha value is -5.35. The first-order valence-corrected chi connectivity index (χ1v) is 13.0. The van der Waals surface area contributed by atoms with Gasteiger partial charge in [-0.15, -0.1) is 0 Å². The molecule has 8 aromatic rings. The minimum absolute atomic E-state index is 0.579. The lowest BCUT2D eigenvalue weighted by atomic mass is 10.0. The molecule has 0 aliphatic carbocycles. The molecule has 0 saturated carbocycles. The number of nitrogens with zero attached hydrogens (tertiary/aromatic N) is 2. The fourth-order valence-electron chi connectivity index (χ4n) is 5.47. The summed E-state index contributed by atoms with van der Waals surface area (Å²) >= 11 is 0. The molecule has 0 aliphatic heterocycles. The Labute approximate surface area is 224 Å². The van der Waals surface area contributed by atoms with E-state index in [4.69, 9.17) is 13.8 Å². The second-order valence-corrected chi connectivity index (χ2v) is 9.63. The van der Waals surface area contributed by atoms with Gasteiger partial charge in [0.05, 0.1) is 11.1 Å². The van der Waals surface area contributed by atoms with Crippen LogP contribution in [0.1, 0.15) is 0 Å². The Balaban J connectivity index is 1.51. The van der Waals surface area contributed by atoms with E-state index >= 15 is 0 Å². The Morgan fingerprint density at radius 3 is 2.08 bits per heavy atom. The average molecular weight is 503 g/mol. The number of para-hydroxylation sites is 2. The van der Waals surface area contributed by atoms with Crippen LogP contribution in [0.2, 0.25) is 0 Å². The highest BCUT2D eigenvalue weighted by atomic mass is 16.4. The third-order valence-corrected chi connectivity index (χ3v) is 7.25. The smallest absolute Gasteiger partial charge is 0.227 e. The molecule has 2 heterocycles. The lowest BCUT2D eigenvalue weighted by Gasteiger charge is -2.26. The number of hydrogen-bond donors (Lipinski definition) is 0. The second-order valence-electron chi connectivity index (χ2n) is 9.63. The molecule has 0 fully saturated rings. The van der Waals surface area contributed by atoms with E-state index in [2.05, 4.69) is 77.7 Å². The van der Waals surface area contributed by atoms with Crippen molar-refractivity contribution >= 4 is 60.9 Å². The Kier molecular flexibility index (Phi) is 4.79. The molecule has 0 bridgehead atoms. The zero-order chi connectivity index (χ0) is 25.8. The summed E-state index contributed by atoms with van der Waals surface area (Å²) in [5, 5.41) is 4.40. The van der Waals surface area contributed by atoms with Crippen molar-refractivity contribution in [2.45, 2.75) is 0 Å². The number of anilines is 3. The van der Waals surface area contributed by atoms with Crippen LogP contribution in [0.25, 0.3) is 55.3 Å². The summed E-state index contributed by atoms with van der Waals surface area (Å²) in [6.07, 6.45) is 0. The Bertz CT molecular complexity index is 2130. The SMILES string of the molecule is c1ccc(-c2nc3c(N(c4ccccc4)c4ccc5ccccc5c4)c4c(cc3o2)oc2ccccc24)cc1. The van der Waals surface area contributed by atoms with Crippen LogP contribution in [-0.2, 0) is 0 Å². The molecule has 39 heavy (non-hydrogen) atoms. The van der Waals surface area contributed by atoms with Gasteiger partial charge in [-0.2, -0.15) is 0 Å². The van der Waals surface area contributed by atoms with E-state index < -0.39 is 0 Å². The summed E-state index contributed by atoms with van der Waals surface area (Å²) in [5.41, 5.74) is 6.96. The van der Waals surface area contributed by atoms with Gasteiger partial charge in [0, 0.05) is 28.4 Å². The highest BCUT2D eigenvalue weighted by molar-refractivity contribution is 6.20. The van der Waals surface area contributed by atoms with Crippen LogP contribution in [0.3, 0.4) is 0 Å². The summed E-state index contributed by atoms with van der Waals surface area (Å²) in [4.78, 5) is 7.38. The first-order valence-electron chi connectivity index (χ1n) is 13.0. The largest absolute Gasteiger partial charge is 0.456 e. The summed E-state index contributed by atoms with van der Waals surface area (Å²) in [7, 11) is 0. The maximum atomic E-state index is 6.39. The zero-order valence-electron chi connectivity index (χ0n) is 20.9. The van der Waals surface area contributed by atoms with Gasteiger partial charge >= 0.3 is 0 Å². The van der Waals surface area contributed by atoms with E-state index in [-0.39, 0.29) is 0 Å². The summed E-state index contributed by atoms with van der Waals surface area (Å²) in [5.74, 6) is 0.579. The number of hydrogen-bond acceptors (Lipinski definition) is 4. The number of oxazole rings is 1. The van der Waals surface area contributed by atoms with Crippen molar-refractivity contribution in [2.24, 2.45) is 0 Å². The van der Waals surface area contributed by atoms with Crippen LogP contribution in [0.4, 0.5) is 17.1 Å². The minimum atomic E-state index is 0.579. The maximum absolute atomic E-state index is 6.39. The van der Waals surface area contributed by atoms with Gasteiger partial charge in [-0.25, -0.2) is 4.98 Å². The molecule has 4 heteroatoms. The van der Waals surface area contributed by atoms with Crippen LogP contribution in [0.15, 0.2) is 142 Å². The lowest BCUT2D eigenvalue weighted by Crippen LogP contribution is -2.11. The molecule has 2 aromatic heterocycles. The van der Waals surface area contributed by atoms with Gasteiger partial charge in [0.2, 0.25) is 5.89 Å². The normalized spacial score (nSPS) is 11.6. The van der Waals surface area contributed by atoms with Gasteiger partial charge in [0.1, 0.15) is 16.7 Å². The van der Waals surface area contributed by atoms with Crippen LogP contribution in [0, 0.1) is 0 Å². The van der Waals surface area contributed by atoms with Gasteiger partial charge in [0.25, 0.3) is 0 Å². The first kappa shape index (κ1) is 21.7. The van der Waals surface area contributed by atoms with Gasteiger partial charge in [-0.1, -0.05) is 84.9 Å². The van der Waals surface area contributed by atoms with E-state index in [0.717, 1.165) is 50.1 Å². The molecule has 4 nitrogen and oxygen atoms in total. The predicted octanol–water partition coefficient (Wildman–Crippen LogP) is 10.0. The number of rotatable bonds is 4. The second kappa shape index (κ2) is 8.61. The average Bonchev–Trinajstić information content (AvgIpc) is 3.59. The molecule has 0 aliphatic rings. The van der Waals surface area contributed by atoms with Crippen LogP contribution < -0.4 is 4.90 Å². The fourth-order valence-corrected chi connectivity index (χ4v) is 5.47. The molecule has 6 aromatic carbocycles. The predicted molar refractivity (Wildman–Crippen MR) is 159 cm³/mol. The standard InChI is InChI=1S/C35H22N2O2/c1-3-12-24(13-4-1)35-36-33-31(39-35)22-30-32(28-17-9-10-18-29(28)38-30)34(33)37(26-15-5-2-6-16-26)27-20-19-23-11-7-8-14-25(23)21-27/h1-22H. The molecule has 0 atom stereocenters. The van der Waals surface area contributed by atoms with Gasteiger partial charge in [-0.05, 0) is 53.2 Å². The van der Waals surface area contributed by atoms with Crippen molar-refractivity contribution in [3.05, 3.63) is 133 Å². The van der Waals surface area contributed by atoms with Gasteiger partial charge < -0.3 is 13.7 Å². The minimum Gasteiger partial charge on any atom is -0.456 e. The number of furan rings is 1. The van der Waals surface area contributed by atoms with Crippen LogP contribution in [0.5, 0.6) is 0 Å². The zero-order valence-corrected chi connectivity index (χ0v) is 20.9. The van der Waals surface area contributed by atoms with Crippen molar-refractivity contribution in [3.8, 4) is 11.5 Å². The molecule has 184 valence electrons. The summed E-state index contributed by atoms with van der Waals surface area (Å²) in [6.45, 7) is 0. The maximum Gasteiger partial charge on any atom is 0.227 e. The Morgan fingerprint density at radius 2 is 1.23 bits per heavy atom. The molecule has 0 saturated heterocycles. The van der Waals surface area contributed by atoms with Crippen molar-refractivity contribution in [1.29, 1.82) is 0 Å². The molecular weight excluding hydrogens is 480 g/mol. The molecule has 0 unspecified atom stereocenters. The third-order valence-electron chi connectivity index (χ3n) is 7.25. The quantitative estimate of drug-likeness (QED) is 0.240. The molecule has 0 amide bonds. The molecule has 0 N–H and O–H groups in total. The Morgan fingerprint density at radius 1 is 0.513 bits per heavy atom. The van der Waals surface area contributed by atoms with Crippen molar-refractivity contribution < 1.29 is 8.83 Å². The molecule has 0 radical (unpaired) electrons. The molecular formula is C35H22N2O2. The number of fused-ring (bicyclic) bond motifs is 5. The van der Waals surface area contributed by atoms with E-state index in [9.17, 15) is 0 Å². The number of benzene rings is 6. The van der Waals surface area contributed by atoms with Crippen molar-refractivity contribution in [2.75, 3.05) is 4.90 Å². The highest BCUT2D eigenvalue weighted by Crippen LogP contribution is 2.47. The van der Waals surface area contributed by atoms with Gasteiger partial charge in [-0.3, -0.25) is 0 Å². The topological polar surface area (TPSA) is 42.4 Å². The monoisotopic (exact) mass is 502 g/mol. The van der Waals surface area contributed by atoms with E-state index in [1.165, 1.54) is 10.8 Å². The van der Waals surface area contributed by atoms with E-state index in [1.807, 2.05) is 60.7 Å².